The van der Waals surface area contributed by atoms with Gasteiger partial charge in [0.15, 0.2) is 5.82 Å². The molecule has 0 unspecified atom stereocenters. The molecule has 3 heterocycles. The van der Waals surface area contributed by atoms with Crippen LogP contribution in [-0.4, -0.2) is 22.8 Å². The highest BCUT2D eigenvalue weighted by Crippen LogP contribution is 2.22. The quantitative estimate of drug-likeness (QED) is 0.527. The number of carbonyl (C=O) groups excluding carboxylic acids is 3. The second kappa shape index (κ2) is 7.41. The number of amides is 2. The van der Waals surface area contributed by atoms with Crippen LogP contribution in [0.25, 0.3) is 0 Å². The topological polar surface area (TPSA) is 101 Å². The lowest BCUT2D eigenvalue weighted by molar-refractivity contribution is -0.136. The van der Waals surface area contributed by atoms with E-state index < -0.39 is 11.8 Å². The molecule has 0 aliphatic rings. The van der Waals surface area contributed by atoms with E-state index in [0.717, 1.165) is 4.88 Å². The van der Waals surface area contributed by atoms with Crippen LogP contribution >= 0.6 is 22.7 Å². The van der Waals surface area contributed by atoms with Gasteiger partial charge in [-0.15, -0.1) is 22.7 Å². The third-order valence-corrected chi connectivity index (χ3v) is 5.08. The van der Waals surface area contributed by atoms with E-state index >= 15 is 0 Å². The van der Waals surface area contributed by atoms with Crippen molar-refractivity contribution >= 4 is 46.1 Å². The van der Waals surface area contributed by atoms with Crippen molar-refractivity contribution in [3.63, 3.8) is 0 Å². The molecule has 0 aromatic carbocycles. The van der Waals surface area contributed by atoms with Crippen LogP contribution in [0.4, 0.5) is 5.82 Å². The molecule has 3 aromatic rings. The zero-order valence-corrected chi connectivity index (χ0v) is 14.7. The molecule has 0 saturated carbocycles. The number of anilines is 1. The zero-order valence-electron chi connectivity index (χ0n) is 13.1. The molecule has 9 heteroatoms. The number of nitrogens with zero attached hydrogens (tertiary/aromatic N) is 1. The summed E-state index contributed by atoms with van der Waals surface area (Å²) in [5.41, 5.74) is 0. The van der Waals surface area contributed by atoms with Gasteiger partial charge >= 0.3 is 11.8 Å². The number of aryl methyl sites for hydroxylation is 1. The summed E-state index contributed by atoms with van der Waals surface area (Å²) in [5, 5.41) is 10.3. The van der Waals surface area contributed by atoms with Crippen LogP contribution in [0, 0.1) is 6.92 Å². The van der Waals surface area contributed by atoms with Crippen molar-refractivity contribution in [2.75, 3.05) is 5.32 Å². The monoisotopic (exact) mass is 375 g/mol. The molecule has 0 spiro atoms. The van der Waals surface area contributed by atoms with Crippen molar-refractivity contribution in [1.82, 2.24) is 10.5 Å². The molecular formula is C16H13N3O4S2. The zero-order chi connectivity index (χ0) is 17.8. The number of rotatable bonds is 5. The highest BCUT2D eigenvalue weighted by Gasteiger charge is 2.17. The minimum absolute atomic E-state index is 0.0447. The first-order chi connectivity index (χ1) is 12.0. The predicted molar refractivity (Wildman–Crippen MR) is 93.8 cm³/mol. The fourth-order valence-electron chi connectivity index (χ4n) is 1.97. The van der Waals surface area contributed by atoms with Crippen molar-refractivity contribution in [2.45, 2.75) is 13.5 Å². The minimum Gasteiger partial charge on any atom is -0.360 e. The molecule has 2 amide bonds. The van der Waals surface area contributed by atoms with Crippen LogP contribution in [0.2, 0.25) is 0 Å². The Morgan fingerprint density at radius 3 is 2.68 bits per heavy atom. The molecule has 0 atom stereocenters. The maximum absolute atomic E-state index is 12.2. The highest BCUT2D eigenvalue weighted by atomic mass is 32.1. The number of hydrogen-bond acceptors (Lipinski definition) is 7. The molecule has 0 bridgehead atoms. The molecule has 2 N–H and O–H groups in total. The van der Waals surface area contributed by atoms with E-state index in [1.807, 2.05) is 11.4 Å². The Morgan fingerprint density at radius 2 is 2.00 bits per heavy atom. The number of nitrogens with one attached hydrogen (secondary N) is 2. The lowest BCUT2D eigenvalue weighted by Crippen LogP contribution is -2.34. The van der Waals surface area contributed by atoms with Crippen molar-refractivity contribution in [1.29, 1.82) is 0 Å². The van der Waals surface area contributed by atoms with Gasteiger partial charge in [0.2, 0.25) is 5.78 Å². The maximum Gasteiger partial charge on any atom is 0.314 e. The highest BCUT2D eigenvalue weighted by molar-refractivity contribution is 7.16. The summed E-state index contributed by atoms with van der Waals surface area (Å²) in [6.07, 6.45) is 0. The lowest BCUT2D eigenvalue weighted by atomic mass is 10.3. The molecule has 0 aliphatic carbocycles. The second-order valence-electron chi connectivity index (χ2n) is 5.03. The first-order valence-corrected chi connectivity index (χ1v) is 8.92. The van der Waals surface area contributed by atoms with Gasteiger partial charge < -0.3 is 9.84 Å². The summed E-state index contributed by atoms with van der Waals surface area (Å²) in [4.78, 5) is 37.8. The number of hydrogen-bond donors (Lipinski definition) is 2. The molecule has 128 valence electrons. The van der Waals surface area contributed by atoms with Crippen LogP contribution in [0.15, 0.2) is 40.2 Å². The Morgan fingerprint density at radius 1 is 1.16 bits per heavy atom. The van der Waals surface area contributed by atoms with Gasteiger partial charge in [-0.05, 0) is 30.5 Å². The van der Waals surface area contributed by atoms with Crippen molar-refractivity contribution in [3.8, 4) is 0 Å². The number of aromatic nitrogens is 1. The smallest absolute Gasteiger partial charge is 0.314 e. The Kier molecular flexibility index (Phi) is 5.05. The summed E-state index contributed by atoms with van der Waals surface area (Å²) in [6.45, 7) is 1.83. The molecule has 0 saturated heterocycles. The van der Waals surface area contributed by atoms with Gasteiger partial charge in [-0.3, -0.25) is 19.7 Å². The largest absolute Gasteiger partial charge is 0.360 e. The van der Waals surface area contributed by atoms with Crippen LogP contribution in [0.5, 0.6) is 0 Å². The van der Waals surface area contributed by atoms with E-state index in [2.05, 4.69) is 15.8 Å². The molecule has 0 radical (unpaired) electrons. The predicted octanol–water partition coefficient (Wildman–Crippen LogP) is 2.59. The summed E-state index contributed by atoms with van der Waals surface area (Å²) in [6, 6.07) is 8.57. The van der Waals surface area contributed by atoms with Gasteiger partial charge in [0.1, 0.15) is 5.76 Å². The molecule has 3 rings (SSSR count). The van der Waals surface area contributed by atoms with Gasteiger partial charge in [0.25, 0.3) is 0 Å². The second-order valence-corrected chi connectivity index (χ2v) is 7.15. The normalized spacial score (nSPS) is 10.4. The Hall–Kier alpha value is -2.78. The molecular weight excluding hydrogens is 362 g/mol. The SMILES string of the molecule is Cc1cc(NC(=O)C(=O)NCc2ccc(C(=O)c3cccs3)s2)no1. The van der Waals surface area contributed by atoms with E-state index in [1.54, 1.807) is 25.1 Å². The average molecular weight is 375 g/mol. The summed E-state index contributed by atoms with van der Waals surface area (Å²) in [5.74, 6) is -0.966. The molecule has 3 aromatic heterocycles. The first kappa shape index (κ1) is 17.1. The summed E-state index contributed by atoms with van der Waals surface area (Å²) in [7, 11) is 0. The van der Waals surface area contributed by atoms with Gasteiger partial charge in [-0.1, -0.05) is 11.2 Å². The number of carbonyl (C=O) groups is 3. The summed E-state index contributed by atoms with van der Waals surface area (Å²) < 4.78 is 4.80. The molecule has 7 nitrogen and oxygen atoms in total. The van der Waals surface area contributed by atoms with Gasteiger partial charge in [0, 0.05) is 10.9 Å². The van der Waals surface area contributed by atoms with E-state index in [0.29, 0.717) is 15.5 Å². The number of thiophene rings is 2. The van der Waals surface area contributed by atoms with Crippen molar-refractivity contribution in [3.05, 3.63) is 56.1 Å². The first-order valence-electron chi connectivity index (χ1n) is 7.22. The number of ketones is 1. The van der Waals surface area contributed by atoms with Crippen molar-refractivity contribution in [2.24, 2.45) is 0 Å². The fraction of sp³-hybridized carbons (Fsp3) is 0.125. The van der Waals surface area contributed by atoms with Gasteiger partial charge in [0.05, 0.1) is 16.3 Å². The van der Waals surface area contributed by atoms with Crippen LogP contribution in [-0.2, 0) is 16.1 Å². The lowest BCUT2D eigenvalue weighted by Gasteiger charge is -2.02. The van der Waals surface area contributed by atoms with E-state index in [1.165, 1.54) is 28.7 Å². The van der Waals surface area contributed by atoms with E-state index in [9.17, 15) is 14.4 Å². The Bertz CT molecular complexity index is 912. The average Bonchev–Trinajstić information content (AvgIpc) is 3.34. The molecule has 0 fully saturated rings. The standard InChI is InChI=1S/C16H13N3O4S2/c1-9-7-13(19-23-9)18-16(22)15(21)17-8-10-4-5-12(25-10)14(20)11-3-2-6-24-11/h2-7H,8H2,1H3,(H,17,21)(H,18,19,22). The Balaban J connectivity index is 1.54. The third kappa shape index (κ3) is 4.20. The maximum atomic E-state index is 12.2. The third-order valence-electron chi connectivity index (χ3n) is 3.13. The van der Waals surface area contributed by atoms with Gasteiger partial charge in [-0.25, -0.2) is 0 Å². The fourth-order valence-corrected chi connectivity index (χ4v) is 3.61. The van der Waals surface area contributed by atoms with E-state index in [-0.39, 0.29) is 18.1 Å². The summed E-state index contributed by atoms with van der Waals surface area (Å²) >= 11 is 2.66. The molecule has 0 aliphatic heterocycles. The van der Waals surface area contributed by atoms with E-state index in [4.69, 9.17) is 4.52 Å². The Labute approximate surface area is 150 Å². The van der Waals surface area contributed by atoms with Crippen molar-refractivity contribution < 1.29 is 18.9 Å². The minimum atomic E-state index is -0.834. The molecule has 25 heavy (non-hydrogen) atoms. The van der Waals surface area contributed by atoms with Gasteiger partial charge in [-0.2, -0.15) is 0 Å². The van der Waals surface area contributed by atoms with Crippen LogP contribution in [0.1, 0.15) is 25.2 Å². The van der Waals surface area contributed by atoms with Crippen LogP contribution < -0.4 is 10.6 Å². The van der Waals surface area contributed by atoms with Crippen LogP contribution in [0.3, 0.4) is 0 Å².